The van der Waals surface area contributed by atoms with Crippen LogP contribution in [0, 0.1) is 0 Å². The molecule has 0 spiro atoms. The van der Waals surface area contributed by atoms with Crippen molar-refractivity contribution >= 4 is 40.1 Å². The number of benzene rings is 2. The second-order valence-electron chi connectivity index (χ2n) is 5.06. The van der Waals surface area contributed by atoms with E-state index in [0.717, 1.165) is 11.0 Å². The van der Waals surface area contributed by atoms with Crippen molar-refractivity contribution in [3.63, 3.8) is 0 Å². The molecule has 0 bridgehead atoms. The highest BCUT2D eigenvalue weighted by Crippen LogP contribution is 2.20. The molecule has 0 aliphatic heterocycles. The fourth-order valence-corrected chi connectivity index (χ4v) is 2.49. The maximum Gasteiger partial charge on any atom is 0.252 e. The van der Waals surface area contributed by atoms with Gasteiger partial charge < -0.3 is 10.6 Å². The highest BCUT2D eigenvalue weighted by Gasteiger charge is 2.12. The zero-order valence-electron chi connectivity index (χ0n) is 12.8. The molecule has 2 amide bonds. The summed E-state index contributed by atoms with van der Waals surface area (Å²) in [6.45, 7) is 0.0123. The van der Waals surface area contributed by atoms with E-state index in [4.69, 9.17) is 11.6 Å². The lowest BCUT2D eigenvalue weighted by Gasteiger charge is -2.09. The van der Waals surface area contributed by atoms with Gasteiger partial charge in [-0.25, -0.2) is 4.68 Å². The third-order valence-corrected chi connectivity index (χ3v) is 3.77. The lowest BCUT2D eigenvalue weighted by Crippen LogP contribution is -2.21. The maximum atomic E-state index is 12.2. The molecule has 0 fully saturated rings. The molecule has 122 valence electrons. The first kappa shape index (κ1) is 15.9. The first-order valence-corrected chi connectivity index (χ1v) is 7.56. The number of nitrogens with one attached hydrogen (secondary N) is 2. The smallest absolute Gasteiger partial charge is 0.252 e. The van der Waals surface area contributed by atoms with Crippen molar-refractivity contribution in [1.29, 1.82) is 0 Å². The van der Waals surface area contributed by atoms with E-state index in [1.54, 1.807) is 12.1 Å². The molecule has 24 heavy (non-hydrogen) atoms. The molecule has 0 aliphatic carbocycles. The third-order valence-electron chi connectivity index (χ3n) is 3.44. The van der Waals surface area contributed by atoms with Crippen LogP contribution in [0.2, 0.25) is 5.02 Å². The minimum Gasteiger partial charge on any atom is -0.355 e. The van der Waals surface area contributed by atoms with Gasteiger partial charge in [-0.3, -0.25) is 9.59 Å². The van der Waals surface area contributed by atoms with Crippen LogP contribution < -0.4 is 10.6 Å². The Hall–Kier alpha value is -2.93. The predicted molar refractivity (Wildman–Crippen MR) is 91.0 cm³/mol. The number of fused-ring (bicyclic) bond motifs is 1. The van der Waals surface area contributed by atoms with Crippen LogP contribution in [-0.2, 0) is 11.3 Å². The summed E-state index contributed by atoms with van der Waals surface area (Å²) in [4.78, 5) is 24.0. The van der Waals surface area contributed by atoms with Crippen molar-refractivity contribution in [3.8, 4) is 0 Å². The average Bonchev–Trinajstić information content (AvgIpc) is 2.99. The highest BCUT2D eigenvalue weighted by molar-refractivity contribution is 6.34. The summed E-state index contributed by atoms with van der Waals surface area (Å²) in [6.07, 6.45) is 0. The normalized spacial score (nSPS) is 10.6. The molecular formula is C16H14ClN5O2. The van der Waals surface area contributed by atoms with Crippen LogP contribution >= 0.6 is 11.6 Å². The van der Waals surface area contributed by atoms with Gasteiger partial charge in [0, 0.05) is 12.7 Å². The number of amides is 2. The Morgan fingerprint density at radius 3 is 2.79 bits per heavy atom. The molecule has 1 heterocycles. The lowest BCUT2D eigenvalue weighted by atomic mass is 10.2. The van der Waals surface area contributed by atoms with Gasteiger partial charge in [0.2, 0.25) is 5.91 Å². The van der Waals surface area contributed by atoms with Gasteiger partial charge in [0.1, 0.15) is 12.1 Å². The monoisotopic (exact) mass is 343 g/mol. The highest BCUT2D eigenvalue weighted by atomic mass is 35.5. The summed E-state index contributed by atoms with van der Waals surface area (Å²) in [6, 6.07) is 12.1. The van der Waals surface area contributed by atoms with Gasteiger partial charge in [-0.2, -0.15) is 0 Å². The SMILES string of the molecule is CNC(=O)c1cc(NC(=O)Cn2nnc3ccccc32)ccc1Cl. The second kappa shape index (κ2) is 6.67. The van der Waals surface area contributed by atoms with Crippen LogP contribution in [0.1, 0.15) is 10.4 Å². The Morgan fingerprint density at radius 1 is 1.21 bits per heavy atom. The summed E-state index contributed by atoms with van der Waals surface area (Å²) in [5.74, 6) is -0.603. The zero-order valence-corrected chi connectivity index (χ0v) is 13.5. The van der Waals surface area contributed by atoms with Crippen molar-refractivity contribution in [1.82, 2.24) is 20.3 Å². The van der Waals surface area contributed by atoms with E-state index in [1.807, 2.05) is 24.3 Å². The number of carbonyl (C=O) groups is 2. The van der Waals surface area contributed by atoms with Gasteiger partial charge in [0.25, 0.3) is 5.91 Å². The van der Waals surface area contributed by atoms with Crippen LogP contribution in [0.25, 0.3) is 11.0 Å². The van der Waals surface area contributed by atoms with E-state index in [2.05, 4.69) is 20.9 Å². The molecule has 8 heteroatoms. The summed E-state index contributed by atoms with van der Waals surface area (Å²) in [5, 5.41) is 13.5. The zero-order chi connectivity index (χ0) is 17.1. The summed E-state index contributed by atoms with van der Waals surface area (Å²) >= 11 is 5.99. The van der Waals surface area contributed by atoms with Gasteiger partial charge in [-0.05, 0) is 30.3 Å². The van der Waals surface area contributed by atoms with Crippen molar-refractivity contribution in [3.05, 3.63) is 53.1 Å². The van der Waals surface area contributed by atoms with Crippen LogP contribution in [0.3, 0.4) is 0 Å². The van der Waals surface area contributed by atoms with E-state index in [-0.39, 0.29) is 18.4 Å². The minimum absolute atomic E-state index is 0.0123. The molecule has 0 aliphatic rings. The fourth-order valence-electron chi connectivity index (χ4n) is 2.28. The topological polar surface area (TPSA) is 88.9 Å². The van der Waals surface area contributed by atoms with Gasteiger partial charge >= 0.3 is 0 Å². The predicted octanol–water partition coefficient (Wildman–Crippen LogP) is 2.08. The molecule has 2 N–H and O–H groups in total. The maximum absolute atomic E-state index is 12.2. The standard InChI is InChI=1S/C16H14ClN5O2/c1-18-16(24)11-8-10(6-7-12(11)17)19-15(23)9-22-14-5-3-2-4-13(14)20-21-22/h2-8H,9H2,1H3,(H,18,24)(H,19,23). The number of anilines is 1. The molecule has 0 unspecified atom stereocenters. The minimum atomic E-state index is -0.321. The quantitative estimate of drug-likeness (QED) is 0.759. The van der Waals surface area contributed by atoms with Crippen LogP contribution in [0.5, 0.6) is 0 Å². The number of rotatable bonds is 4. The van der Waals surface area contributed by atoms with E-state index in [0.29, 0.717) is 16.3 Å². The van der Waals surface area contributed by atoms with Gasteiger partial charge in [0.15, 0.2) is 0 Å². The van der Waals surface area contributed by atoms with E-state index in [1.165, 1.54) is 17.8 Å². The first-order valence-electron chi connectivity index (χ1n) is 7.18. The van der Waals surface area contributed by atoms with E-state index in [9.17, 15) is 9.59 Å². The number of carbonyl (C=O) groups excluding carboxylic acids is 2. The van der Waals surface area contributed by atoms with E-state index >= 15 is 0 Å². The van der Waals surface area contributed by atoms with Gasteiger partial charge in [-0.1, -0.05) is 28.9 Å². The largest absolute Gasteiger partial charge is 0.355 e. The van der Waals surface area contributed by atoms with Gasteiger partial charge in [0.05, 0.1) is 16.1 Å². The molecule has 0 saturated carbocycles. The Balaban J connectivity index is 1.76. The molecule has 2 aromatic carbocycles. The van der Waals surface area contributed by atoms with Crippen LogP contribution in [-0.4, -0.2) is 33.9 Å². The Morgan fingerprint density at radius 2 is 2.00 bits per heavy atom. The number of halogens is 1. The summed E-state index contributed by atoms with van der Waals surface area (Å²) < 4.78 is 1.51. The molecule has 1 aromatic heterocycles. The molecule has 7 nitrogen and oxygen atoms in total. The molecule has 3 rings (SSSR count). The molecule has 0 saturated heterocycles. The number of hydrogen-bond donors (Lipinski definition) is 2. The Kier molecular flexibility index (Phi) is 4.43. The van der Waals surface area contributed by atoms with Gasteiger partial charge in [-0.15, -0.1) is 5.10 Å². The van der Waals surface area contributed by atoms with Crippen LogP contribution in [0.15, 0.2) is 42.5 Å². The summed E-state index contributed by atoms with van der Waals surface area (Å²) in [5.41, 5.74) is 2.27. The van der Waals surface area contributed by atoms with E-state index < -0.39 is 0 Å². The van der Waals surface area contributed by atoms with Crippen LogP contribution in [0.4, 0.5) is 5.69 Å². The fraction of sp³-hybridized carbons (Fsp3) is 0.125. The Bertz CT molecular complexity index is 922. The number of aromatic nitrogens is 3. The molecular weight excluding hydrogens is 330 g/mol. The summed E-state index contributed by atoms with van der Waals surface area (Å²) in [7, 11) is 1.51. The van der Waals surface area contributed by atoms with Crippen molar-refractivity contribution in [2.75, 3.05) is 12.4 Å². The number of nitrogens with zero attached hydrogens (tertiary/aromatic N) is 3. The third kappa shape index (κ3) is 3.21. The number of para-hydroxylation sites is 1. The average molecular weight is 344 g/mol. The van der Waals surface area contributed by atoms with Crippen molar-refractivity contribution < 1.29 is 9.59 Å². The lowest BCUT2D eigenvalue weighted by molar-refractivity contribution is -0.116. The Labute approximate surface area is 142 Å². The second-order valence-corrected chi connectivity index (χ2v) is 5.46. The van der Waals surface area contributed by atoms with Crippen molar-refractivity contribution in [2.45, 2.75) is 6.54 Å². The molecule has 0 atom stereocenters. The van der Waals surface area contributed by atoms with Crippen molar-refractivity contribution in [2.24, 2.45) is 0 Å². The first-order chi connectivity index (χ1) is 11.6. The molecule has 0 radical (unpaired) electrons. The molecule has 3 aromatic rings. The number of hydrogen-bond acceptors (Lipinski definition) is 4.